The highest BCUT2D eigenvalue weighted by Crippen LogP contribution is 2.45. The molecule has 1 saturated carbocycles. The van der Waals surface area contributed by atoms with E-state index in [-0.39, 0.29) is 40.8 Å². The number of nitrogen functional groups attached to an aromatic ring is 2. The molecule has 0 saturated heterocycles. The number of nitrogens with two attached hydrogens (primary N) is 2. The Morgan fingerprint density at radius 3 is 2.53 bits per heavy atom. The fraction of sp³-hybridized carbons (Fsp3) is 0.231. The molecule has 170 valence electrons. The van der Waals surface area contributed by atoms with Crippen molar-refractivity contribution in [1.29, 1.82) is 0 Å². The highest BCUT2D eigenvalue weighted by molar-refractivity contribution is 5.86. The number of pyridine rings is 1. The van der Waals surface area contributed by atoms with Gasteiger partial charge in [0.25, 0.3) is 11.2 Å². The van der Waals surface area contributed by atoms with Crippen LogP contribution in [-0.4, -0.2) is 14.5 Å². The third kappa shape index (κ3) is 3.61. The fourth-order valence-corrected chi connectivity index (χ4v) is 4.56. The largest absolute Gasteiger partial charge is 0.392 e. The van der Waals surface area contributed by atoms with E-state index in [9.17, 15) is 4.79 Å². The van der Waals surface area contributed by atoms with E-state index in [0.29, 0.717) is 5.39 Å². The third-order valence-corrected chi connectivity index (χ3v) is 6.38. The van der Waals surface area contributed by atoms with E-state index in [4.69, 9.17) is 18.0 Å². The summed E-state index contributed by atoms with van der Waals surface area (Å²) < 4.78 is 1.80. The third-order valence-electron chi connectivity index (χ3n) is 6.38. The molecule has 4 aromatic rings. The molecule has 5 rings (SSSR count). The van der Waals surface area contributed by atoms with Gasteiger partial charge >= 0.3 is 0 Å². The van der Waals surface area contributed by atoms with E-state index in [2.05, 4.69) is 26.2 Å². The van der Waals surface area contributed by atoms with Crippen molar-refractivity contribution in [2.45, 2.75) is 32.7 Å². The van der Waals surface area contributed by atoms with Crippen molar-refractivity contribution in [2.75, 3.05) is 16.8 Å². The van der Waals surface area contributed by atoms with E-state index in [1.54, 1.807) is 4.57 Å². The smallest absolute Gasteiger partial charge is 0.268 e. The molecule has 2 aromatic carbocycles. The lowest BCUT2D eigenvalue weighted by molar-refractivity contribution is 0.633. The highest BCUT2D eigenvalue weighted by atomic mass is 16.1. The first-order chi connectivity index (χ1) is 16.4. The first kappa shape index (κ1) is 21.5. The van der Waals surface area contributed by atoms with Crippen LogP contribution in [0, 0.1) is 26.3 Å². The summed E-state index contributed by atoms with van der Waals surface area (Å²) in [4.78, 5) is 25.7. The molecule has 5 N–H and O–H groups in total. The molecule has 1 aliphatic rings. The van der Waals surface area contributed by atoms with Gasteiger partial charge in [0.15, 0.2) is 0 Å². The quantitative estimate of drug-likeness (QED) is 0.380. The average molecular weight is 452 g/mol. The molecule has 2 aromatic heterocycles. The maximum atomic E-state index is 14.0. The highest BCUT2D eigenvalue weighted by Gasteiger charge is 2.36. The summed E-state index contributed by atoms with van der Waals surface area (Å²) in [6, 6.07) is 15.5. The Morgan fingerprint density at radius 2 is 1.82 bits per heavy atom. The van der Waals surface area contributed by atoms with E-state index >= 15 is 0 Å². The molecule has 0 radical (unpaired) electrons. The van der Waals surface area contributed by atoms with Crippen LogP contribution >= 0.6 is 0 Å². The van der Waals surface area contributed by atoms with Gasteiger partial charge in [-0.2, -0.15) is 0 Å². The number of hydrogen-bond donors (Lipinski definition) is 3. The summed E-state index contributed by atoms with van der Waals surface area (Å²) in [6.45, 7) is 11.5. The summed E-state index contributed by atoms with van der Waals surface area (Å²) in [6.07, 6.45) is 1.99. The molecular formula is C26H25N7O. The van der Waals surface area contributed by atoms with Crippen molar-refractivity contribution in [1.82, 2.24) is 14.5 Å². The van der Waals surface area contributed by atoms with Crippen LogP contribution in [0.5, 0.6) is 0 Å². The molecular weight excluding hydrogens is 426 g/mol. The van der Waals surface area contributed by atoms with Crippen LogP contribution in [0.4, 0.5) is 23.3 Å². The molecule has 8 nitrogen and oxygen atoms in total. The second-order valence-electron chi connectivity index (χ2n) is 8.77. The van der Waals surface area contributed by atoms with E-state index < -0.39 is 0 Å². The topological polar surface area (TPSA) is 116 Å². The summed E-state index contributed by atoms with van der Waals surface area (Å²) in [5.41, 5.74) is 15.4. The van der Waals surface area contributed by atoms with Crippen LogP contribution in [-0.2, 0) is 0 Å². The fourth-order valence-electron chi connectivity index (χ4n) is 4.56. The zero-order valence-corrected chi connectivity index (χ0v) is 19.0. The minimum Gasteiger partial charge on any atom is -0.392 e. The van der Waals surface area contributed by atoms with Crippen molar-refractivity contribution in [2.24, 2.45) is 5.92 Å². The normalized spacial score (nSPS) is 14.0. The first-order valence-corrected chi connectivity index (χ1v) is 11.2. The van der Waals surface area contributed by atoms with Gasteiger partial charge in [0.1, 0.15) is 11.6 Å². The zero-order valence-electron chi connectivity index (χ0n) is 19.0. The van der Waals surface area contributed by atoms with Gasteiger partial charge in [-0.3, -0.25) is 9.36 Å². The van der Waals surface area contributed by atoms with Gasteiger partial charge < -0.3 is 16.8 Å². The Hall–Kier alpha value is -4.38. The van der Waals surface area contributed by atoms with Crippen LogP contribution in [0.2, 0.25) is 0 Å². The van der Waals surface area contributed by atoms with Crippen molar-refractivity contribution in [3.05, 3.63) is 87.1 Å². The molecule has 1 aliphatic carbocycles. The maximum Gasteiger partial charge on any atom is 0.268 e. The number of anilines is 3. The van der Waals surface area contributed by atoms with Gasteiger partial charge in [0.05, 0.1) is 23.7 Å². The summed E-state index contributed by atoms with van der Waals surface area (Å²) >= 11 is 0. The van der Waals surface area contributed by atoms with Gasteiger partial charge in [-0.15, -0.1) is 0 Å². The Labute approximate surface area is 197 Å². The van der Waals surface area contributed by atoms with Gasteiger partial charge in [-0.25, -0.2) is 14.8 Å². The number of nitrogens with one attached hydrogen (secondary N) is 1. The SMILES string of the molecule is [C-]#[N+]c1c(N)nc(N)nc1N[C@H](c1cc2cccc(C)c2c(=O)n1-c1ccccc1C)C1CC1. The second kappa shape index (κ2) is 8.19. The van der Waals surface area contributed by atoms with Crippen LogP contribution < -0.4 is 22.3 Å². The summed E-state index contributed by atoms with van der Waals surface area (Å²) in [5.74, 6) is 0.579. The van der Waals surface area contributed by atoms with Crippen LogP contribution in [0.25, 0.3) is 21.3 Å². The molecule has 0 spiro atoms. The van der Waals surface area contributed by atoms with Crippen molar-refractivity contribution in [3.8, 4) is 5.69 Å². The number of hydrogen-bond acceptors (Lipinski definition) is 6. The van der Waals surface area contributed by atoms with E-state index in [0.717, 1.165) is 40.7 Å². The van der Waals surface area contributed by atoms with Gasteiger partial charge in [-0.05, 0) is 61.3 Å². The molecule has 0 aliphatic heterocycles. The van der Waals surface area contributed by atoms with Gasteiger partial charge in [0.2, 0.25) is 5.95 Å². The monoisotopic (exact) mass is 451 g/mol. The Bertz CT molecular complexity index is 1530. The molecule has 0 bridgehead atoms. The lowest BCUT2D eigenvalue weighted by atomic mass is 10.0. The molecule has 34 heavy (non-hydrogen) atoms. The van der Waals surface area contributed by atoms with Crippen LogP contribution in [0.3, 0.4) is 0 Å². The van der Waals surface area contributed by atoms with Crippen molar-refractivity contribution >= 4 is 34.0 Å². The van der Waals surface area contributed by atoms with Crippen LogP contribution in [0.1, 0.15) is 35.7 Å². The number of benzene rings is 2. The number of nitrogens with zero attached hydrogens (tertiary/aromatic N) is 4. The molecule has 1 fully saturated rings. The minimum absolute atomic E-state index is 0.00706. The summed E-state index contributed by atoms with van der Waals surface area (Å²) in [7, 11) is 0. The predicted molar refractivity (Wildman–Crippen MR) is 135 cm³/mol. The Kier molecular flexibility index (Phi) is 5.17. The van der Waals surface area contributed by atoms with Crippen LogP contribution in [0.15, 0.2) is 53.3 Å². The molecule has 0 amide bonds. The summed E-state index contributed by atoms with van der Waals surface area (Å²) in [5, 5.41) is 4.98. The van der Waals surface area contributed by atoms with E-state index in [1.165, 1.54) is 0 Å². The molecule has 8 heteroatoms. The second-order valence-corrected chi connectivity index (χ2v) is 8.77. The Morgan fingerprint density at radius 1 is 1.09 bits per heavy atom. The van der Waals surface area contributed by atoms with Crippen molar-refractivity contribution < 1.29 is 0 Å². The lowest BCUT2D eigenvalue weighted by Crippen LogP contribution is -2.28. The van der Waals surface area contributed by atoms with Crippen molar-refractivity contribution in [3.63, 3.8) is 0 Å². The molecule has 2 heterocycles. The number of rotatable bonds is 5. The lowest BCUT2D eigenvalue weighted by Gasteiger charge is -2.26. The number of fused-ring (bicyclic) bond motifs is 1. The number of aryl methyl sites for hydroxylation is 2. The number of aromatic nitrogens is 3. The average Bonchev–Trinajstić information content (AvgIpc) is 3.63. The molecule has 1 atom stereocenters. The standard InChI is InChI=1S/C26H25N7O/c1-14-7-4-5-10-18(14)33-19(13-17-9-6-8-15(2)20(17)25(33)34)21(16-11-12-16)30-24-22(29-3)23(27)31-26(28)32-24/h4-10,13,16,21H,11-12H2,1-2H3,(H5,27,28,30,31,32)/t21-/m0/s1. The first-order valence-electron chi connectivity index (χ1n) is 11.2. The Balaban J connectivity index is 1.79. The minimum atomic E-state index is -0.272. The maximum absolute atomic E-state index is 14.0. The van der Waals surface area contributed by atoms with Gasteiger partial charge in [0, 0.05) is 5.69 Å². The number of para-hydroxylation sites is 1. The molecule has 0 unspecified atom stereocenters. The van der Waals surface area contributed by atoms with E-state index in [1.807, 2.05) is 56.3 Å². The zero-order chi connectivity index (χ0) is 24.0. The predicted octanol–water partition coefficient (Wildman–Crippen LogP) is 4.68. The van der Waals surface area contributed by atoms with Gasteiger partial charge in [-0.1, -0.05) is 36.4 Å².